The number of hydrogen-bond acceptors (Lipinski definition) is 5. The van der Waals surface area contributed by atoms with E-state index in [-0.39, 0.29) is 0 Å². The van der Waals surface area contributed by atoms with Crippen LogP contribution in [0.3, 0.4) is 0 Å². The summed E-state index contributed by atoms with van der Waals surface area (Å²) in [4.78, 5) is 13.1. The van der Waals surface area contributed by atoms with Crippen LogP contribution in [-0.4, -0.2) is 15.0 Å². The van der Waals surface area contributed by atoms with Gasteiger partial charge in [-0.25, -0.2) is 15.0 Å². The molecule has 0 aliphatic rings. The fourth-order valence-corrected chi connectivity index (χ4v) is 2.40. The van der Waals surface area contributed by atoms with Crippen LogP contribution in [0.1, 0.15) is 28.5 Å². The molecule has 0 aliphatic heterocycles. The first-order chi connectivity index (χ1) is 7.97. The van der Waals surface area contributed by atoms with Gasteiger partial charge in [0.15, 0.2) is 0 Å². The minimum absolute atomic E-state index is 0.639. The number of rotatable bonds is 2. The first kappa shape index (κ1) is 12.1. The molecule has 0 N–H and O–H groups in total. The average Bonchev–Trinajstić information content (AvgIpc) is 2.54. The molecule has 0 spiro atoms. The van der Waals surface area contributed by atoms with Gasteiger partial charge in [-0.05, 0) is 46.4 Å². The molecular formula is C12H15N3OS. The Morgan fingerprint density at radius 2 is 1.59 bits per heavy atom. The number of oxazole rings is 1. The molecule has 0 radical (unpaired) electrons. The number of hydrogen-bond donors (Lipinski definition) is 0. The van der Waals surface area contributed by atoms with Crippen LogP contribution in [0.25, 0.3) is 0 Å². The zero-order valence-electron chi connectivity index (χ0n) is 10.7. The van der Waals surface area contributed by atoms with Crippen molar-refractivity contribution in [1.82, 2.24) is 15.0 Å². The summed E-state index contributed by atoms with van der Waals surface area (Å²) < 4.78 is 5.54. The van der Waals surface area contributed by atoms with Crippen LogP contribution in [0.4, 0.5) is 0 Å². The maximum atomic E-state index is 5.54. The summed E-state index contributed by atoms with van der Waals surface area (Å²) in [6.07, 6.45) is 0. The first-order valence-electron chi connectivity index (χ1n) is 5.41. The molecule has 17 heavy (non-hydrogen) atoms. The fraction of sp³-hybridized carbons (Fsp3) is 0.417. The topological polar surface area (TPSA) is 51.8 Å². The summed E-state index contributed by atoms with van der Waals surface area (Å²) in [7, 11) is 0. The fourth-order valence-electron chi connectivity index (χ4n) is 1.41. The highest BCUT2D eigenvalue weighted by molar-refractivity contribution is 7.99. The van der Waals surface area contributed by atoms with Crippen molar-refractivity contribution in [3.8, 4) is 0 Å². The second-order valence-corrected chi connectivity index (χ2v) is 4.95. The molecule has 90 valence electrons. The third-order valence-corrected chi connectivity index (χ3v) is 3.59. The Hall–Kier alpha value is -1.36. The van der Waals surface area contributed by atoms with Crippen molar-refractivity contribution >= 4 is 11.8 Å². The molecule has 0 atom stereocenters. The number of aryl methyl sites for hydroxylation is 4. The predicted molar refractivity (Wildman–Crippen MR) is 66.3 cm³/mol. The Balaban J connectivity index is 2.36. The van der Waals surface area contributed by atoms with Crippen molar-refractivity contribution in [3.63, 3.8) is 0 Å². The van der Waals surface area contributed by atoms with Crippen LogP contribution in [0.5, 0.6) is 0 Å². The van der Waals surface area contributed by atoms with Crippen LogP contribution >= 0.6 is 11.8 Å². The summed E-state index contributed by atoms with van der Waals surface area (Å²) in [5.41, 5.74) is 3.00. The van der Waals surface area contributed by atoms with E-state index in [2.05, 4.69) is 15.0 Å². The Bertz CT molecular complexity index is 544. The van der Waals surface area contributed by atoms with Crippen LogP contribution in [-0.2, 0) is 0 Å². The second kappa shape index (κ2) is 4.49. The maximum absolute atomic E-state index is 5.54. The van der Waals surface area contributed by atoms with Gasteiger partial charge in [0.05, 0.1) is 5.69 Å². The van der Waals surface area contributed by atoms with Gasteiger partial charge in [-0.15, -0.1) is 0 Å². The smallest absolute Gasteiger partial charge is 0.262 e. The summed E-state index contributed by atoms with van der Waals surface area (Å²) in [6, 6.07) is 0. The van der Waals surface area contributed by atoms with Gasteiger partial charge in [-0.2, -0.15) is 0 Å². The second-order valence-electron chi connectivity index (χ2n) is 4.01. The minimum Gasteiger partial charge on any atom is -0.436 e. The molecule has 0 bridgehead atoms. The lowest BCUT2D eigenvalue weighted by molar-refractivity contribution is 0.431. The van der Waals surface area contributed by atoms with Gasteiger partial charge in [0.25, 0.3) is 5.22 Å². The maximum Gasteiger partial charge on any atom is 0.262 e. The molecule has 2 rings (SSSR count). The van der Waals surface area contributed by atoms with Crippen molar-refractivity contribution in [1.29, 1.82) is 0 Å². The van der Waals surface area contributed by atoms with Crippen LogP contribution in [0.15, 0.2) is 14.7 Å². The van der Waals surface area contributed by atoms with Crippen molar-refractivity contribution in [2.75, 3.05) is 0 Å². The molecule has 5 heteroatoms. The van der Waals surface area contributed by atoms with E-state index in [0.29, 0.717) is 5.22 Å². The minimum atomic E-state index is 0.639. The lowest BCUT2D eigenvalue weighted by atomic mass is 10.3. The monoisotopic (exact) mass is 249 g/mol. The largest absolute Gasteiger partial charge is 0.436 e. The van der Waals surface area contributed by atoms with E-state index >= 15 is 0 Å². The molecule has 0 saturated carbocycles. The van der Waals surface area contributed by atoms with Crippen molar-refractivity contribution in [2.45, 2.75) is 44.9 Å². The molecule has 2 aromatic rings. The first-order valence-corrected chi connectivity index (χ1v) is 6.22. The Morgan fingerprint density at radius 3 is 2.18 bits per heavy atom. The Kier molecular flexibility index (Phi) is 3.19. The van der Waals surface area contributed by atoms with E-state index in [4.69, 9.17) is 4.42 Å². The van der Waals surface area contributed by atoms with Crippen molar-refractivity contribution < 1.29 is 4.42 Å². The number of nitrogens with zero attached hydrogens (tertiary/aromatic N) is 3. The average molecular weight is 249 g/mol. The van der Waals surface area contributed by atoms with Gasteiger partial charge in [0, 0.05) is 11.3 Å². The SMILES string of the molecule is Cc1nc(C)c(C)c(Sc2nc(C)c(C)o2)n1. The lowest BCUT2D eigenvalue weighted by Gasteiger charge is -2.05. The van der Waals surface area contributed by atoms with E-state index in [1.165, 1.54) is 11.8 Å². The van der Waals surface area contributed by atoms with E-state index in [1.807, 2.05) is 34.6 Å². The lowest BCUT2D eigenvalue weighted by Crippen LogP contribution is -1.97. The summed E-state index contributed by atoms with van der Waals surface area (Å²) in [6.45, 7) is 9.74. The Morgan fingerprint density at radius 1 is 0.882 bits per heavy atom. The molecule has 0 aliphatic carbocycles. The highest BCUT2D eigenvalue weighted by Gasteiger charge is 2.12. The van der Waals surface area contributed by atoms with Crippen molar-refractivity contribution in [3.05, 3.63) is 28.5 Å². The third-order valence-electron chi connectivity index (χ3n) is 2.65. The quantitative estimate of drug-likeness (QED) is 0.765. The van der Waals surface area contributed by atoms with E-state index in [9.17, 15) is 0 Å². The van der Waals surface area contributed by atoms with Gasteiger partial charge < -0.3 is 4.42 Å². The van der Waals surface area contributed by atoms with Gasteiger partial charge in [-0.3, -0.25) is 0 Å². The molecule has 0 aromatic carbocycles. The molecule has 4 nitrogen and oxygen atoms in total. The molecule has 2 heterocycles. The third kappa shape index (κ3) is 2.49. The standard InChI is InChI=1S/C12H15N3OS/c1-6-7(2)13-10(5)15-11(6)17-12-14-8(3)9(4)16-12/h1-5H3. The molecule has 2 aromatic heterocycles. The predicted octanol–water partition coefficient (Wildman–Crippen LogP) is 3.16. The Labute approximate surface area is 105 Å². The van der Waals surface area contributed by atoms with E-state index in [0.717, 1.165) is 33.6 Å². The van der Waals surface area contributed by atoms with Gasteiger partial charge in [-0.1, -0.05) is 0 Å². The van der Waals surface area contributed by atoms with E-state index in [1.54, 1.807) is 0 Å². The van der Waals surface area contributed by atoms with Crippen LogP contribution in [0.2, 0.25) is 0 Å². The molecular weight excluding hydrogens is 234 g/mol. The number of aromatic nitrogens is 3. The highest BCUT2D eigenvalue weighted by Crippen LogP contribution is 2.29. The zero-order chi connectivity index (χ0) is 12.6. The summed E-state index contributed by atoms with van der Waals surface area (Å²) in [5, 5.41) is 1.55. The summed E-state index contributed by atoms with van der Waals surface area (Å²) >= 11 is 1.45. The van der Waals surface area contributed by atoms with Gasteiger partial charge in [0.1, 0.15) is 16.6 Å². The molecule has 0 unspecified atom stereocenters. The van der Waals surface area contributed by atoms with Crippen molar-refractivity contribution in [2.24, 2.45) is 0 Å². The van der Waals surface area contributed by atoms with E-state index < -0.39 is 0 Å². The highest BCUT2D eigenvalue weighted by atomic mass is 32.2. The summed E-state index contributed by atoms with van der Waals surface area (Å²) in [5.74, 6) is 1.63. The van der Waals surface area contributed by atoms with Gasteiger partial charge in [0.2, 0.25) is 0 Å². The van der Waals surface area contributed by atoms with Crippen LogP contribution in [0, 0.1) is 34.6 Å². The van der Waals surface area contributed by atoms with Crippen LogP contribution < -0.4 is 0 Å². The normalized spacial score (nSPS) is 10.9. The zero-order valence-corrected chi connectivity index (χ0v) is 11.5. The molecule has 0 saturated heterocycles. The van der Waals surface area contributed by atoms with Gasteiger partial charge >= 0.3 is 0 Å². The molecule has 0 fully saturated rings. The molecule has 0 amide bonds.